The van der Waals surface area contributed by atoms with Crippen LogP contribution in [-0.4, -0.2) is 6.03 Å². The van der Waals surface area contributed by atoms with E-state index in [-0.39, 0.29) is 17.1 Å². The lowest BCUT2D eigenvalue weighted by Gasteiger charge is -2.11. The molecule has 0 bridgehead atoms. The lowest BCUT2D eigenvalue weighted by atomic mass is 10.2. The number of nitrogens with one attached hydrogen (secondary N) is 2. The lowest BCUT2D eigenvalue weighted by molar-refractivity contribution is -0.137. The molecule has 0 aliphatic rings. The van der Waals surface area contributed by atoms with Gasteiger partial charge in [0.15, 0.2) is 0 Å². The number of urea groups is 1. The Hall–Kier alpha value is -2.84. The Morgan fingerprint density at radius 1 is 0.957 bits per heavy atom. The van der Waals surface area contributed by atoms with Gasteiger partial charge in [0.05, 0.1) is 11.3 Å². The Labute approximate surface area is 127 Å². The molecule has 0 saturated carbocycles. The van der Waals surface area contributed by atoms with Crippen LogP contribution < -0.4 is 16.4 Å². The van der Waals surface area contributed by atoms with Crippen LogP contribution in [0.2, 0.25) is 0 Å². The highest BCUT2D eigenvalue weighted by atomic mass is 19.4. The molecule has 122 valence electrons. The van der Waals surface area contributed by atoms with Crippen molar-refractivity contribution in [2.24, 2.45) is 0 Å². The lowest BCUT2D eigenvalue weighted by Crippen LogP contribution is -2.20. The first-order valence-corrected chi connectivity index (χ1v) is 6.16. The molecule has 2 aromatic carbocycles. The van der Waals surface area contributed by atoms with Crippen molar-refractivity contribution in [1.82, 2.24) is 0 Å². The number of nitrogen functional groups attached to an aromatic ring is 1. The van der Waals surface area contributed by atoms with Crippen molar-refractivity contribution in [1.29, 1.82) is 0 Å². The molecule has 23 heavy (non-hydrogen) atoms. The van der Waals surface area contributed by atoms with E-state index in [1.54, 1.807) is 0 Å². The minimum atomic E-state index is -4.75. The highest BCUT2D eigenvalue weighted by molar-refractivity contribution is 6.00. The number of rotatable bonds is 2. The second kappa shape index (κ2) is 6.11. The van der Waals surface area contributed by atoms with Crippen LogP contribution in [0.3, 0.4) is 0 Å². The minimum Gasteiger partial charge on any atom is -0.396 e. The van der Waals surface area contributed by atoms with Gasteiger partial charge in [0.1, 0.15) is 11.6 Å². The van der Waals surface area contributed by atoms with Crippen molar-refractivity contribution in [3.8, 4) is 0 Å². The molecule has 4 nitrogen and oxygen atoms in total. The van der Waals surface area contributed by atoms with E-state index in [9.17, 15) is 26.7 Å². The van der Waals surface area contributed by atoms with Crippen molar-refractivity contribution in [3.05, 3.63) is 53.6 Å². The Morgan fingerprint density at radius 3 is 2.22 bits per heavy atom. The van der Waals surface area contributed by atoms with Crippen molar-refractivity contribution in [2.45, 2.75) is 6.18 Å². The normalized spacial score (nSPS) is 11.2. The van der Waals surface area contributed by atoms with Crippen LogP contribution in [0.1, 0.15) is 5.56 Å². The molecule has 0 unspecified atom stereocenters. The number of nitrogens with two attached hydrogens (primary N) is 1. The Bertz CT molecular complexity index is 746. The number of alkyl halides is 3. The molecule has 9 heteroatoms. The van der Waals surface area contributed by atoms with Crippen LogP contribution in [0.15, 0.2) is 36.4 Å². The number of carbonyl (C=O) groups is 1. The molecular formula is C14H10F5N3O. The first kappa shape index (κ1) is 16.5. The fraction of sp³-hybridized carbons (Fsp3) is 0.0714. The summed E-state index contributed by atoms with van der Waals surface area (Å²) in [5.41, 5.74) is 3.60. The van der Waals surface area contributed by atoms with E-state index in [0.29, 0.717) is 12.1 Å². The van der Waals surface area contributed by atoms with Gasteiger partial charge in [-0.25, -0.2) is 13.6 Å². The average Bonchev–Trinajstić information content (AvgIpc) is 2.41. The van der Waals surface area contributed by atoms with Crippen LogP contribution in [0.25, 0.3) is 0 Å². The molecular weight excluding hydrogens is 321 g/mol. The third-order valence-corrected chi connectivity index (χ3v) is 2.74. The first-order valence-electron chi connectivity index (χ1n) is 6.16. The molecule has 0 atom stereocenters. The second-order valence-electron chi connectivity index (χ2n) is 4.54. The largest absolute Gasteiger partial charge is 0.416 e. The number of anilines is 3. The topological polar surface area (TPSA) is 67.1 Å². The molecule has 0 aliphatic heterocycles. The van der Waals surface area contributed by atoms with E-state index in [1.165, 1.54) is 6.07 Å². The van der Waals surface area contributed by atoms with E-state index in [2.05, 4.69) is 10.6 Å². The van der Waals surface area contributed by atoms with Crippen LogP contribution in [-0.2, 0) is 6.18 Å². The fourth-order valence-electron chi connectivity index (χ4n) is 1.74. The fourth-order valence-corrected chi connectivity index (χ4v) is 1.74. The standard InChI is InChI=1S/C14H10F5N3O/c15-8-3-7(14(17,18)19)4-10(5-8)22-13(23)21-9-1-2-11(16)12(20)6-9/h1-6H,20H2,(H2,21,22,23). The van der Waals surface area contributed by atoms with Crippen LogP contribution in [0, 0.1) is 11.6 Å². The maximum atomic E-state index is 13.2. The molecule has 0 aromatic heterocycles. The summed E-state index contributed by atoms with van der Waals surface area (Å²) in [5, 5.41) is 4.29. The van der Waals surface area contributed by atoms with E-state index in [1.807, 2.05) is 0 Å². The summed E-state index contributed by atoms with van der Waals surface area (Å²) >= 11 is 0. The molecule has 4 N–H and O–H groups in total. The number of hydrogen-bond acceptors (Lipinski definition) is 2. The average molecular weight is 331 g/mol. The van der Waals surface area contributed by atoms with E-state index >= 15 is 0 Å². The van der Waals surface area contributed by atoms with Crippen molar-refractivity contribution in [2.75, 3.05) is 16.4 Å². The molecule has 2 rings (SSSR count). The van der Waals surface area contributed by atoms with Gasteiger partial charge in [0.2, 0.25) is 0 Å². The highest BCUT2D eigenvalue weighted by Gasteiger charge is 2.31. The molecule has 0 heterocycles. The van der Waals surface area contributed by atoms with Gasteiger partial charge >= 0.3 is 12.2 Å². The van der Waals surface area contributed by atoms with E-state index in [0.717, 1.165) is 18.2 Å². The first-order chi connectivity index (χ1) is 10.6. The summed E-state index contributed by atoms with van der Waals surface area (Å²) in [7, 11) is 0. The van der Waals surface area contributed by atoms with Gasteiger partial charge in [0.25, 0.3) is 0 Å². The summed E-state index contributed by atoms with van der Waals surface area (Å²) in [6.07, 6.45) is -4.75. The summed E-state index contributed by atoms with van der Waals surface area (Å²) in [4.78, 5) is 11.7. The molecule has 0 fully saturated rings. The number of amides is 2. The summed E-state index contributed by atoms with van der Waals surface area (Å²) in [6.45, 7) is 0. The zero-order valence-electron chi connectivity index (χ0n) is 11.3. The highest BCUT2D eigenvalue weighted by Crippen LogP contribution is 2.31. The quantitative estimate of drug-likeness (QED) is 0.570. The second-order valence-corrected chi connectivity index (χ2v) is 4.54. The number of carbonyl (C=O) groups excluding carboxylic acids is 1. The predicted molar refractivity (Wildman–Crippen MR) is 74.9 cm³/mol. The van der Waals surface area contributed by atoms with Crippen molar-refractivity contribution in [3.63, 3.8) is 0 Å². The molecule has 0 spiro atoms. The van der Waals surface area contributed by atoms with Crippen LogP contribution in [0.4, 0.5) is 43.8 Å². The summed E-state index contributed by atoms with van der Waals surface area (Å²) < 4.78 is 63.9. The zero-order valence-corrected chi connectivity index (χ0v) is 11.3. The van der Waals surface area contributed by atoms with Gasteiger partial charge < -0.3 is 16.4 Å². The predicted octanol–water partition coefficient (Wildman–Crippen LogP) is 4.21. The van der Waals surface area contributed by atoms with Gasteiger partial charge in [-0.3, -0.25) is 0 Å². The molecule has 0 radical (unpaired) electrons. The van der Waals surface area contributed by atoms with Crippen molar-refractivity contribution >= 4 is 23.1 Å². The maximum Gasteiger partial charge on any atom is 0.416 e. The van der Waals surface area contributed by atoms with E-state index < -0.39 is 29.4 Å². The third kappa shape index (κ3) is 4.31. The summed E-state index contributed by atoms with van der Waals surface area (Å²) in [5.74, 6) is -1.84. The number of halogens is 5. The molecule has 0 aliphatic carbocycles. The SMILES string of the molecule is Nc1cc(NC(=O)Nc2cc(F)cc(C(F)(F)F)c2)ccc1F. The number of benzene rings is 2. The minimum absolute atomic E-state index is 0.119. The summed E-state index contributed by atoms with van der Waals surface area (Å²) in [6, 6.07) is 4.03. The maximum absolute atomic E-state index is 13.2. The molecule has 2 amide bonds. The van der Waals surface area contributed by atoms with Crippen molar-refractivity contribution < 1.29 is 26.7 Å². The van der Waals surface area contributed by atoms with Gasteiger partial charge in [-0.1, -0.05) is 0 Å². The smallest absolute Gasteiger partial charge is 0.396 e. The van der Waals surface area contributed by atoms with Gasteiger partial charge in [-0.05, 0) is 36.4 Å². The van der Waals surface area contributed by atoms with Gasteiger partial charge in [-0.2, -0.15) is 13.2 Å². The van der Waals surface area contributed by atoms with Gasteiger partial charge in [-0.15, -0.1) is 0 Å². The Morgan fingerprint density at radius 2 is 1.61 bits per heavy atom. The zero-order chi connectivity index (χ0) is 17.2. The molecule has 2 aromatic rings. The number of hydrogen-bond donors (Lipinski definition) is 3. The monoisotopic (exact) mass is 331 g/mol. The van der Waals surface area contributed by atoms with Crippen LogP contribution in [0.5, 0.6) is 0 Å². The Balaban J connectivity index is 2.14. The van der Waals surface area contributed by atoms with Gasteiger partial charge in [0, 0.05) is 11.4 Å². The Kier molecular flexibility index (Phi) is 4.39. The third-order valence-electron chi connectivity index (χ3n) is 2.74. The molecule has 0 saturated heterocycles. The van der Waals surface area contributed by atoms with E-state index in [4.69, 9.17) is 5.73 Å². The van der Waals surface area contributed by atoms with Crippen LogP contribution >= 0.6 is 0 Å².